The molecule has 6 nitrogen and oxygen atoms in total. The van der Waals surface area contributed by atoms with Crippen molar-refractivity contribution < 1.29 is 14.7 Å². The van der Waals surface area contributed by atoms with E-state index in [2.05, 4.69) is 10.3 Å². The molecular weight excluding hydrogens is 258 g/mol. The van der Waals surface area contributed by atoms with Gasteiger partial charge in [-0.2, -0.15) is 0 Å². The van der Waals surface area contributed by atoms with Crippen molar-refractivity contribution in [3.05, 3.63) is 23.5 Å². The summed E-state index contributed by atoms with van der Waals surface area (Å²) in [6.45, 7) is 7.72. The second-order valence-corrected chi connectivity index (χ2v) is 4.79. The highest BCUT2D eigenvalue weighted by Crippen LogP contribution is 2.13. The number of anilines is 1. The van der Waals surface area contributed by atoms with Gasteiger partial charge in [-0.1, -0.05) is 6.92 Å². The summed E-state index contributed by atoms with van der Waals surface area (Å²) in [5.74, 6) is -1.51. The summed E-state index contributed by atoms with van der Waals surface area (Å²) in [4.78, 5) is 28.7. The van der Waals surface area contributed by atoms with E-state index in [0.29, 0.717) is 12.2 Å². The van der Waals surface area contributed by atoms with Gasteiger partial charge in [0.25, 0.3) is 0 Å². The largest absolute Gasteiger partial charge is 0.481 e. The zero-order valence-corrected chi connectivity index (χ0v) is 12.3. The van der Waals surface area contributed by atoms with Crippen molar-refractivity contribution in [2.45, 2.75) is 27.7 Å². The number of pyridine rings is 1. The number of carboxylic acids is 1. The third-order valence-corrected chi connectivity index (χ3v) is 3.05. The monoisotopic (exact) mass is 279 g/mol. The number of carbonyl (C=O) groups is 2. The summed E-state index contributed by atoms with van der Waals surface area (Å²) in [7, 11) is 0. The third-order valence-electron chi connectivity index (χ3n) is 3.05. The first-order valence-corrected chi connectivity index (χ1v) is 6.58. The Morgan fingerprint density at radius 3 is 2.55 bits per heavy atom. The van der Waals surface area contributed by atoms with Crippen molar-refractivity contribution in [2.24, 2.45) is 5.92 Å². The Morgan fingerprint density at radius 2 is 2.05 bits per heavy atom. The first-order chi connectivity index (χ1) is 9.35. The van der Waals surface area contributed by atoms with Gasteiger partial charge in [0.1, 0.15) is 0 Å². The second-order valence-electron chi connectivity index (χ2n) is 4.79. The highest BCUT2D eigenvalue weighted by atomic mass is 16.4. The van der Waals surface area contributed by atoms with E-state index >= 15 is 0 Å². The van der Waals surface area contributed by atoms with Gasteiger partial charge in [0, 0.05) is 18.8 Å². The number of amides is 2. The van der Waals surface area contributed by atoms with Crippen LogP contribution in [0.2, 0.25) is 0 Å². The number of nitrogens with zero attached hydrogens (tertiary/aromatic N) is 2. The number of carboxylic acid groups (broad SMARTS) is 1. The fraction of sp³-hybridized carbons (Fsp3) is 0.500. The lowest BCUT2D eigenvalue weighted by Gasteiger charge is -2.23. The van der Waals surface area contributed by atoms with Crippen LogP contribution < -0.4 is 5.32 Å². The first kappa shape index (κ1) is 15.9. The van der Waals surface area contributed by atoms with Gasteiger partial charge in [0.05, 0.1) is 17.3 Å². The minimum atomic E-state index is -0.913. The van der Waals surface area contributed by atoms with Crippen LogP contribution in [0.3, 0.4) is 0 Å². The average Bonchev–Trinajstić information content (AvgIpc) is 2.38. The van der Waals surface area contributed by atoms with Gasteiger partial charge in [-0.05, 0) is 32.9 Å². The first-order valence-electron chi connectivity index (χ1n) is 6.58. The highest BCUT2D eigenvalue weighted by Gasteiger charge is 2.19. The van der Waals surface area contributed by atoms with Crippen LogP contribution in [0.15, 0.2) is 12.1 Å². The lowest BCUT2D eigenvalue weighted by atomic mass is 10.2. The minimum Gasteiger partial charge on any atom is -0.481 e. The Balaban J connectivity index is 2.74. The summed E-state index contributed by atoms with van der Waals surface area (Å²) in [5, 5.41) is 11.7. The fourth-order valence-corrected chi connectivity index (χ4v) is 1.78. The Hall–Kier alpha value is -2.11. The van der Waals surface area contributed by atoms with Crippen molar-refractivity contribution in [2.75, 3.05) is 18.4 Å². The molecule has 2 N–H and O–H groups in total. The third kappa shape index (κ3) is 4.22. The Kier molecular flexibility index (Phi) is 5.49. The molecule has 0 saturated heterocycles. The number of aromatic nitrogens is 1. The van der Waals surface area contributed by atoms with E-state index in [-0.39, 0.29) is 12.6 Å². The number of aliphatic carboxylic acids is 1. The molecule has 0 fully saturated rings. The van der Waals surface area contributed by atoms with Crippen LogP contribution in [0.25, 0.3) is 0 Å². The molecule has 1 rings (SSSR count). The summed E-state index contributed by atoms with van der Waals surface area (Å²) < 4.78 is 0. The smallest absolute Gasteiger partial charge is 0.321 e. The average molecular weight is 279 g/mol. The molecule has 0 bridgehead atoms. The van der Waals surface area contributed by atoms with Gasteiger partial charge < -0.3 is 15.3 Å². The maximum absolute atomic E-state index is 12.1. The lowest BCUT2D eigenvalue weighted by Crippen LogP contribution is -2.39. The van der Waals surface area contributed by atoms with Crippen molar-refractivity contribution in [1.29, 1.82) is 0 Å². The second kappa shape index (κ2) is 6.88. The Morgan fingerprint density at radius 1 is 1.40 bits per heavy atom. The predicted molar refractivity (Wildman–Crippen MR) is 76.8 cm³/mol. The zero-order valence-electron chi connectivity index (χ0n) is 12.3. The molecule has 0 spiro atoms. The molecule has 0 saturated carbocycles. The Labute approximate surface area is 118 Å². The Bertz CT molecular complexity index is 502. The number of nitrogens with one attached hydrogen (secondary N) is 1. The molecule has 0 radical (unpaired) electrons. The molecular formula is C14H21N3O3. The van der Waals surface area contributed by atoms with Crippen LogP contribution in [-0.4, -0.2) is 40.1 Å². The number of urea groups is 1. The van der Waals surface area contributed by atoms with Crippen LogP contribution in [-0.2, 0) is 4.79 Å². The van der Waals surface area contributed by atoms with Crippen molar-refractivity contribution in [1.82, 2.24) is 9.88 Å². The fourth-order valence-electron chi connectivity index (χ4n) is 1.78. The van der Waals surface area contributed by atoms with Crippen LogP contribution in [0.5, 0.6) is 0 Å². The summed E-state index contributed by atoms with van der Waals surface area (Å²) in [6.07, 6.45) is 0. The van der Waals surface area contributed by atoms with E-state index in [1.54, 1.807) is 13.0 Å². The van der Waals surface area contributed by atoms with Crippen LogP contribution in [0, 0.1) is 19.8 Å². The molecule has 1 aromatic rings. The quantitative estimate of drug-likeness (QED) is 0.866. The number of carbonyl (C=O) groups excluding carboxylic acids is 1. The number of aryl methyl sites for hydroxylation is 2. The molecule has 0 aromatic carbocycles. The van der Waals surface area contributed by atoms with Crippen molar-refractivity contribution >= 4 is 17.7 Å². The van der Waals surface area contributed by atoms with Gasteiger partial charge in [-0.25, -0.2) is 4.79 Å². The van der Waals surface area contributed by atoms with Crippen LogP contribution in [0.4, 0.5) is 10.5 Å². The van der Waals surface area contributed by atoms with E-state index in [4.69, 9.17) is 5.11 Å². The number of hydrogen-bond donors (Lipinski definition) is 2. The zero-order chi connectivity index (χ0) is 15.3. The van der Waals surface area contributed by atoms with Gasteiger partial charge in [-0.3, -0.25) is 9.78 Å². The van der Waals surface area contributed by atoms with E-state index in [1.165, 1.54) is 4.90 Å². The molecule has 1 atom stereocenters. The minimum absolute atomic E-state index is 0.177. The molecule has 0 aliphatic heterocycles. The van der Waals surface area contributed by atoms with Crippen molar-refractivity contribution in [3.63, 3.8) is 0 Å². The predicted octanol–water partition coefficient (Wildman–Crippen LogP) is 2.27. The maximum Gasteiger partial charge on any atom is 0.321 e. The summed E-state index contributed by atoms with van der Waals surface area (Å²) in [5.41, 5.74) is 2.26. The molecule has 1 heterocycles. The summed E-state index contributed by atoms with van der Waals surface area (Å²) >= 11 is 0. The molecule has 1 unspecified atom stereocenters. The molecule has 20 heavy (non-hydrogen) atoms. The van der Waals surface area contributed by atoms with Crippen LogP contribution in [0.1, 0.15) is 25.2 Å². The van der Waals surface area contributed by atoms with Crippen molar-refractivity contribution in [3.8, 4) is 0 Å². The molecule has 6 heteroatoms. The van der Waals surface area contributed by atoms with E-state index < -0.39 is 11.9 Å². The van der Waals surface area contributed by atoms with Crippen LogP contribution >= 0.6 is 0 Å². The van der Waals surface area contributed by atoms with E-state index in [1.807, 2.05) is 26.8 Å². The van der Waals surface area contributed by atoms with E-state index in [9.17, 15) is 9.59 Å². The van der Waals surface area contributed by atoms with Gasteiger partial charge in [0.2, 0.25) is 0 Å². The molecule has 110 valence electrons. The van der Waals surface area contributed by atoms with Gasteiger partial charge in [0.15, 0.2) is 0 Å². The lowest BCUT2D eigenvalue weighted by molar-refractivity contribution is -0.141. The SMILES string of the molecule is CCN(CC(C)C(=O)O)C(=O)Nc1ccc(C)nc1C. The topological polar surface area (TPSA) is 82.5 Å². The van der Waals surface area contributed by atoms with E-state index in [0.717, 1.165) is 11.4 Å². The van der Waals surface area contributed by atoms with Gasteiger partial charge >= 0.3 is 12.0 Å². The van der Waals surface area contributed by atoms with Gasteiger partial charge in [-0.15, -0.1) is 0 Å². The molecule has 1 aromatic heterocycles. The molecule has 2 amide bonds. The number of rotatable bonds is 5. The standard InChI is InChI=1S/C14H21N3O3/c1-5-17(8-9(2)13(18)19)14(20)16-12-7-6-10(3)15-11(12)4/h6-7,9H,5,8H2,1-4H3,(H,16,20)(H,18,19). The highest BCUT2D eigenvalue weighted by molar-refractivity contribution is 5.90. The normalized spacial score (nSPS) is 11.8. The maximum atomic E-state index is 12.1. The molecule has 0 aliphatic carbocycles. The summed E-state index contributed by atoms with van der Waals surface area (Å²) in [6, 6.07) is 3.30. The molecule has 0 aliphatic rings. The number of hydrogen-bond acceptors (Lipinski definition) is 3.